The van der Waals surface area contributed by atoms with Crippen LogP contribution < -0.4 is 4.73 Å². The zero-order valence-electron chi connectivity index (χ0n) is 14.5. The molecule has 24 heavy (non-hydrogen) atoms. The third kappa shape index (κ3) is 4.09. The van der Waals surface area contributed by atoms with Crippen LogP contribution in [0.1, 0.15) is 61.0 Å². The van der Waals surface area contributed by atoms with E-state index in [9.17, 15) is 14.2 Å². The SMILES string of the molecule is CC(C)c1ccc(C(C)C)c(C(=O)CS(=O)c2cccc[n+]2[O-])c1. The summed E-state index contributed by atoms with van der Waals surface area (Å²) in [6.45, 7) is 8.20. The molecule has 2 rings (SSSR count). The van der Waals surface area contributed by atoms with Crippen molar-refractivity contribution in [3.8, 4) is 0 Å². The number of aromatic nitrogens is 1. The third-order valence-electron chi connectivity index (χ3n) is 3.95. The van der Waals surface area contributed by atoms with Crippen molar-refractivity contribution in [1.82, 2.24) is 0 Å². The number of carbonyl (C=O) groups excluding carboxylic acids is 1. The number of benzene rings is 1. The Balaban J connectivity index is 2.33. The van der Waals surface area contributed by atoms with Crippen LogP contribution in [0.25, 0.3) is 0 Å². The highest BCUT2D eigenvalue weighted by atomic mass is 32.2. The quantitative estimate of drug-likeness (QED) is 0.457. The summed E-state index contributed by atoms with van der Waals surface area (Å²) in [4.78, 5) is 12.7. The fourth-order valence-corrected chi connectivity index (χ4v) is 3.57. The van der Waals surface area contributed by atoms with Gasteiger partial charge in [-0.15, -0.1) is 0 Å². The van der Waals surface area contributed by atoms with Crippen molar-refractivity contribution in [3.63, 3.8) is 0 Å². The van der Waals surface area contributed by atoms with E-state index in [1.807, 2.05) is 32.0 Å². The molecule has 1 unspecified atom stereocenters. The Kier molecular flexibility index (Phi) is 5.89. The molecule has 0 bridgehead atoms. The average molecular weight is 345 g/mol. The molecule has 128 valence electrons. The highest BCUT2D eigenvalue weighted by molar-refractivity contribution is 7.85. The average Bonchev–Trinajstić information content (AvgIpc) is 2.54. The van der Waals surface area contributed by atoms with Crippen molar-refractivity contribution in [3.05, 3.63) is 64.5 Å². The summed E-state index contributed by atoms with van der Waals surface area (Å²) in [6, 6.07) is 10.6. The molecule has 2 aromatic rings. The van der Waals surface area contributed by atoms with Gasteiger partial charge in [-0.05, 0) is 35.1 Å². The summed E-state index contributed by atoms with van der Waals surface area (Å²) in [5.74, 6) is 0.123. The van der Waals surface area contributed by atoms with Gasteiger partial charge in [-0.3, -0.25) is 4.79 Å². The van der Waals surface area contributed by atoms with Crippen molar-refractivity contribution < 1.29 is 13.7 Å². The van der Waals surface area contributed by atoms with Gasteiger partial charge in [-0.2, -0.15) is 4.73 Å². The highest BCUT2D eigenvalue weighted by Crippen LogP contribution is 2.25. The molecule has 1 heterocycles. The van der Waals surface area contributed by atoms with Crippen LogP contribution in [0.4, 0.5) is 0 Å². The van der Waals surface area contributed by atoms with Crippen molar-refractivity contribution >= 4 is 16.6 Å². The number of nitrogens with zero attached hydrogens (tertiary/aromatic N) is 1. The molecule has 0 saturated heterocycles. The van der Waals surface area contributed by atoms with E-state index in [4.69, 9.17) is 0 Å². The van der Waals surface area contributed by atoms with Gasteiger partial charge in [0, 0.05) is 17.7 Å². The number of Topliss-reactive ketones (excluding diaryl/α,β-unsaturated/α-hetero) is 1. The molecular weight excluding hydrogens is 322 g/mol. The van der Waals surface area contributed by atoms with E-state index in [0.29, 0.717) is 16.2 Å². The Morgan fingerprint density at radius 1 is 1.12 bits per heavy atom. The molecule has 0 aliphatic carbocycles. The molecule has 0 fully saturated rings. The molecular formula is C19H23NO3S. The summed E-state index contributed by atoms with van der Waals surface area (Å²) < 4.78 is 13.0. The first-order valence-electron chi connectivity index (χ1n) is 8.04. The van der Waals surface area contributed by atoms with Gasteiger partial charge in [-0.1, -0.05) is 39.8 Å². The lowest BCUT2D eigenvalue weighted by atomic mass is 9.90. The fourth-order valence-electron chi connectivity index (χ4n) is 2.54. The van der Waals surface area contributed by atoms with Gasteiger partial charge < -0.3 is 5.21 Å². The molecule has 0 N–H and O–H groups in total. The normalized spacial score (nSPS) is 12.6. The minimum absolute atomic E-state index is 0.108. The topological polar surface area (TPSA) is 61.1 Å². The molecule has 1 aromatic carbocycles. The van der Waals surface area contributed by atoms with Gasteiger partial charge in [0.15, 0.2) is 12.0 Å². The smallest absolute Gasteiger partial charge is 0.281 e. The highest BCUT2D eigenvalue weighted by Gasteiger charge is 2.21. The van der Waals surface area contributed by atoms with Crippen LogP contribution in [0.2, 0.25) is 0 Å². The van der Waals surface area contributed by atoms with E-state index >= 15 is 0 Å². The van der Waals surface area contributed by atoms with Crippen LogP contribution in [-0.4, -0.2) is 15.7 Å². The summed E-state index contributed by atoms with van der Waals surface area (Å²) in [6.07, 6.45) is 1.29. The van der Waals surface area contributed by atoms with Crippen LogP contribution in [0.15, 0.2) is 47.6 Å². The van der Waals surface area contributed by atoms with Gasteiger partial charge in [0.1, 0.15) is 10.8 Å². The molecule has 0 spiro atoms. The first kappa shape index (κ1) is 18.3. The van der Waals surface area contributed by atoms with Crippen LogP contribution in [0.3, 0.4) is 0 Å². The second-order valence-electron chi connectivity index (χ2n) is 6.43. The second kappa shape index (κ2) is 7.71. The van der Waals surface area contributed by atoms with Gasteiger partial charge >= 0.3 is 0 Å². The predicted molar refractivity (Wildman–Crippen MR) is 95.6 cm³/mol. The monoisotopic (exact) mass is 345 g/mol. The molecule has 4 nitrogen and oxygen atoms in total. The molecule has 0 saturated carbocycles. The van der Waals surface area contributed by atoms with Crippen molar-refractivity contribution in [1.29, 1.82) is 0 Å². The van der Waals surface area contributed by atoms with Crippen LogP contribution >= 0.6 is 0 Å². The van der Waals surface area contributed by atoms with E-state index in [2.05, 4.69) is 13.8 Å². The van der Waals surface area contributed by atoms with Crippen LogP contribution in [0.5, 0.6) is 0 Å². The van der Waals surface area contributed by atoms with Gasteiger partial charge in [0.25, 0.3) is 5.03 Å². The Hall–Kier alpha value is -2.01. The fraction of sp³-hybridized carbons (Fsp3) is 0.368. The predicted octanol–water partition coefficient (Wildman–Crippen LogP) is 3.56. The van der Waals surface area contributed by atoms with Crippen molar-refractivity contribution in [2.45, 2.75) is 44.6 Å². The Morgan fingerprint density at radius 3 is 2.42 bits per heavy atom. The first-order valence-corrected chi connectivity index (χ1v) is 9.36. The number of pyridine rings is 1. The summed E-state index contributed by atoms with van der Waals surface area (Å²) >= 11 is 0. The van der Waals surface area contributed by atoms with E-state index < -0.39 is 10.8 Å². The first-order chi connectivity index (χ1) is 11.3. The van der Waals surface area contributed by atoms with Gasteiger partial charge in [-0.25, -0.2) is 4.21 Å². The zero-order chi connectivity index (χ0) is 17.9. The summed E-state index contributed by atoms with van der Waals surface area (Å²) in [7, 11) is -1.66. The lowest BCUT2D eigenvalue weighted by Gasteiger charge is -2.15. The van der Waals surface area contributed by atoms with E-state index in [0.717, 1.165) is 11.1 Å². The van der Waals surface area contributed by atoms with Crippen molar-refractivity contribution in [2.24, 2.45) is 0 Å². The minimum Gasteiger partial charge on any atom is -0.618 e. The molecule has 5 heteroatoms. The van der Waals surface area contributed by atoms with Gasteiger partial charge in [0.2, 0.25) is 0 Å². The summed E-state index contributed by atoms with van der Waals surface area (Å²) in [5.41, 5.74) is 2.63. The molecule has 0 amide bonds. The minimum atomic E-state index is -1.66. The molecule has 0 aliphatic heterocycles. The molecule has 0 aliphatic rings. The Morgan fingerprint density at radius 2 is 1.83 bits per heavy atom. The van der Waals surface area contributed by atoms with E-state index in [-0.39, 0.29) is 22.5 Å². The number of carbonyl (C=O) groups is 1. The largest absolute Gasteiger partial charge is 0.618 e. The van der Waals surface area contributed by atoms with Crippen molar-refractivity contribution in [2.75, 3.05) is 5.75 Å². The van der Waals surface area contributed by atoms with E-state index in [1.165, 1.54) is 12.3 Å². The zero-order valence-corrected chi connectivity index (χ0v) is 15.3. The standard InChI is InChI=1S/C19H23NO3S/c1-13(2)15-8-9-16(14(3)4)17(11-15)18(21)12-24(23)19-7-5-6-10-20(19)22/h5-11,13-14H,12H2,1-4H3. The van der Waals surface area contributed by atoms with E-state index in [1.54, 1.807) is 12.1 Å². The molecule has 1 atom stereocenters. The van der Waals surface area contributed by atoms with Gasteiger partial charge in [0.05, 0.1) is 5.75 Å². The maximum atomic E-state index is 12.7. The van der Waals surface area contributed by atoms with Crippen LogP contribution in [0, 0.1) is 5.21 Å². The maximum absolute atomic E-state index is 12.7. The number of rotatable bonds is 6. The number of hydrogen-bond acceptors (Lipinski definition) is 3. The van der Waals surface area contributed by atoms with Crippen LogP contribution in [-0.2, 0) is 10.8 Å². The molecule has 1 aromatic heterocycles. The third-order valence-corrected chi connectivity index (χ3v) is 5.26. The Labute approximate surface area is 145 Å². The Bertz CT molecular complexity index is 769. The molecule has 0 radical (unpaired) electrons. The second-order valence-corrected chi connectivity index (χ2v) is 7.83. The number of ketones is 1. The lowest BCUT2D eigenvalue weighted by molar-refractivity contribution is -0.646. The summed E-state index contributed by atoms with van der Waals surface area (Å²) in [5, 5.41) is 11.8. The maximum Gasteiger partial charge on any atom is 0.281 e. The number of hydrogen-bond donors (Lipinski definition) is 0. The lowest BCUT2D eigenvalue weighted by Crippen LogP contribution is -2.32.